The van der Waals surface area contributed by atoms with E-state index in [9.17, 15) is 13.4 Å². The molecule has 0 saturated heterocycles. The summed E-state index contributed by atoms with van der Waals surface area (Å²) in [5.74, 6) is 0.217. The fraction of sp³-hybridized carbons (Fsp3) is 0.176. The Kier molecular flexibility index (Phi) is 5.49. The maximum atomic E-state index is 14.4. The molecule has 0 saturated carbocycles. The summed E-state index contributed by atoms with van der Waals surface area (Å²) in [7, 11) is 2.93. The molecule has 0 aliphatic carbocycles. The van der Waals surface area contributed by atoms with Crippen LogP contribution in [0.1, 0.15) is 5.56 Å². The summed E-state index contributed by atoms with van der Waals surface area (Å²) in [5.41, 5.74) is 0.583. The third-order valence-electron chi connectivity index (χ3n) is 4.01. The number of methoxy groups -OCH3 is 2. The van der Waals surface area contributed by atoms with Crippen molar-refractivity contribution in [2.45, 2.75) is 6.54 Å². The van der Waals surface area contributed by atoms with Crippen LogP contribution in [0.3, 0.4) is 0 Å². The quantitative estimate of drug-likeness (QED) is 0.552. The van der Waals surface area contributed by atoms with Crippen molar-refractivity contribution < 1.29 is 22.6 Å². The molecule has 3 N–H and O–H groups in total. The third-order valence-corrected chi connectivity index (χ3v) is 4.40. The molecule has 8 nitrogen and oxygen atoms in total. The summed E-state index contributed by atoms with van der Waals surface area (Å²) >= 11 is -2.24. The number of halogens is 1. The van der Waals surface area contributed by atoms with Crippen LogP contribution in [0.2, 0.25) is 0 Å². The summed E-state index contributed by atoms with van der Waals surface area (Å²) in [6.07, 6.45) is 0. The van der Waals surface area contributed by atoms with E-state index in [0.717, 1.165) is 0 Å². The van der Waals surface area contributed by atoms with Crippen molar-refractivity contribution >= 4 is 22.0 Å². The van der Waals surface area contributed by atoms with Crippen LogP contribution in [-0.4, -0.2) is 33.2 Å². The largest absolute Gasteiger partial charge is 0.493 e. The highest BCUT2D eigenvalue weighted by Crippen LogP contribution is 2.34. The lowest BCUT2D eigenvalue weighted by Crippen LogP contribution is -2.16. The van der Waals surface area contributed by atoms with Gasteiger partial charge in [-0.3, -0.25) is 9.35 Å². The molecular formula is C17H16FN3O5S. The van der Waals surface area contributed by atoms with E-state index in [1.807, 2.05) is 0 Å². The lowest BCUT2D eigenvalue weighted by molar-refractivity contribution is 0.356. The van der Waals surface area contributed by atoms with Gasteiger partial charge in [0.1, 0.15) is 5.82 Å². The summed E-state index contributed by atoms with van der Waals surface area (Å²) in [6.45, 7) is -0.111. The van der Waals surface area contributed by atoms with E-state index in [2.05, 4.69) is 14.9 Å². The number of fused-ring (bicyclic) bond motifs is 1. The van der Waals surface area contributed by atoms with E-state index in [1.54, 1.807) is 12.1 Å². The minimum atomic E-state index is -2.24. The molecule has 3 rings (SSSR count). The number of nitrogens with zero attached hydrogens (tertiary/aromatic N) is 1. The Hall–Kier alpha value is -2.82. The molecule has 0 bridgehead atoms. The van der Waals surface area contributed by atoms with Crippen LogP contribution < -0.4 is 19.8 Å². The van der Waals surface area contributed by atoms with Gasteiger partial charge < -0.3 is 9.47 Å². The molecule has 1 aromatic heterocycles. The Bertz CT molecular complexity index is 1090. The predicted molar refractivity (Wildman–Crippen MR) is 98.5 cm³/mol. The number of ether oxygens (including phenoxy) is 2. The van der Waals surface area contributed by atoms with Crippen LogP contribution in [0.4, 0.5) is 4.39 Å². The van der Waals surface area contributed by atoms with Crippen molar-refractivity contribution in [1.82, 2.24) is 14.9 Å². The highest BCUT2D eigenvalue weighted by Gasteiger charge is 2.15. The number of hydrogen-bond acceptors (Lipinski definition) is 5. The second-order valence-electron chi connectivity index (χ2n) is 5.53. The van der Waals surface area contributed by atoms with E-state index in [4.69, 9.17) is 14.0 Å². The minimum Gasteiger partial charge on any atom is -0.493 e. The van der Waals surface area contributed by atoms with Gasteiger partial charge in [0.15, 0.2) is 11.5 Å². The monoisotopic (exact) mass is 393 g/mol. The van der Waals surface area contributed by atoms with Gasteiger partial charge in [0.2, 0.25) is 11.3 Å². The van der Waals surface area contributed by atoms with Crippen molar-refractivity contribution in [2.24, 2.45) is 0 Å². The van der Waals surface area contributed by atoms with Crippen molar-refractivity contribution in [3.8, 4) is 22.8 Å². The average molecular weight is 393 g/mol. The van der Waals surface area contributed by atoms with Crippen molar-refractivity contribution in [2.75, 3.05) is 14.2 Å². The minimum absolute atomic E-state index is 0.111. The number of H-pyrrole nitrogens is 1. The Labute approximate surface area is 155 Å². The molecule has 27 heavy (non-hydrogen) atoms. The first-order chi connectivity index (χ1) is 12.9. The molecule has 0 aliphatic rings. The van der Waals surface area contributed by atoms with Gasteiger partial charge in [-0.05, 0) is 18.2 Å². The van der Waals surface area contributed by atoms with Gasteiger partial charge in [-0.2, -0.15) is 5.10 Å². The van der Waals surface area contributed by atoms with Crippen LogP contribution in [0, 0.1) is 5.82 Å². The molecule has 2 aromatic carbocycles. The Morgan fingerprint density at radius 2 is 1.85 bits per heavy atom. The molecule has 0 spiro atoms. The second kappa shape index (κ2) is 7.82. The number of benzene rings is 2. The number of aromatic nitrogens is 2. The summed E-state index contributed by atoms with van der Waals surface area (Å²) < 4.78 is 46.5. The van der Waals surface area contributed by atoms with E-state index >= 15 is 0 Å². The first-order valence-electron chi connectivity index (χ1n) is 7.72. The van der Waals surface area contributed by atoms with Gasteiger partial charge in [-0.25, -0.2) is 18.4 Å². The fourth-order valence-electron chi connectivity index (χ4n) is 2.69. The van der Waals surface area contributed by atoms with Gasteiger partial charge in [0.25, 0.3) is 5.56 Å². The van der Waals surface area contributed by atoms with Crippen LogP contribution in [-0.2, 0) is 17.8 Å². The fourth-order valence-corrected chi connectivity index (χ4v) is 2.97. The maximum Gasteiger partial charge on any atom is 0.272 e. The first-order valence-corrected chi connectivity index (χ1v) is 8.83. The molecule has 10 heteroatoms. The van der Waals surface area contributed by atoms with Crippen LogP contribution in [0.15, 0.2) is 35.1 Å². The molecule has 3 aromatic rings. The molecule has 1 atom stereocenters. The zero-order chi connectivity index (χ0) is 19.6. The zero-order valence-electron chi connectivity index (χ0n) is 14.4. The molecule has 0 aliphatic heterocycles. The predicted octanol–water partition coefficient (Wildman–Crippen LogP) is 1.97. The van der Waals surface area contributed by atoms with Gasteiger partial charge in [-0.1, -0.05) is 12.1 Å². The number of aromatic amines is 1. The van der Waals surface area contributed by atoms with Crippen molar-refractivity contribution in [3.63, 3.8) is 0 Å². The van der Waals surface area contributed by atoms with Crippen molar-refractivity contribution in [3.05, 3.63) is 52.1 Å². The highest BCUT2D eigenvalue weighted by molar-refractivity contribution is 7.77. The molecule has 142 valence electrons. The molecule has 0 fully saturated rings. The van der Waals surface area contributed by atoms with Gasteiger partial charge in [0, 0.05) is 23.1 Å². The molecular weight excluding hydrogens is 377 g/mol. The van der Waals surface area contributed by atoms with E-state index < -0.39 is 22.6 Å². The highest BCUT2D eigenvalue weighted by atomic mass is 32.2. The molecule has 0 radical (unpaired) electrons. The zero-order valence-corrected chi connectivity index (χ0v) is 15.2. The average Bonchev–Trinajstić information content (AvgIpc) is 2.66. The molecule has 0 amide bonds. The summed E-state index contributed by atoms with van der Waals surface area (Å²) in [4.78, 5) is 12.2. The Morgan fingerprint density at radius 1 is 1.19 bits per heavy atom. The smallest absolute Gasteiger partial charge is 0.272 e. The maximum absolute atomic E-state index is 14.4. The van der Waals surface area contributed by atoms with Crippen LogP contribution in [0.5, 0.6) is 11.5 Å². The lowest BCUT2D eigenvalue weighted by atomic mass is 10.0. The van der Waals surface area contributed by atoms with Gasteiger partial charge in [0.05, 0.1) is 25.3 Å². The van der Waals surface area contributed by atoms with Crippen LogP contribution in [0.25, 0.3) is 22.0 Å². The van der Waals surface area contributed by atoms with Crippen LogP contribution >= 0.6 is 0 Å². The number of hydrogen-bond donors (Lipinski definition) is 3. The van der Waals surface area contributed by atoms with E-state index in [0.29, 0.717) is 33.5 Å². The number of nitrogens with one attached hydrogen (secondary N) is 2. The Morgan fingerprint density at radius 3 is 2.44 bits per heavy atom. The van der Waals surface area contributed by atoms with Gasteiger partial charge in [-0.15, -0.1) is 0 Å². The third kappa shape index (κ3) is 3.82. The molecule has 1 unspecified atom stereocenters. The van der Waals surface area contributed by atoms with E-state index in [-0.39, 0.29) is 12.1 Å². The topological polar surface area (TPSA) is 114 Å². The SMILES string of the molecule is COc1cc2c(-c3ccc(CNS(=O)O)c(F)c3)n[nH]c(=O)c2cc1OC. The first kappa shape index (κ1) is 19.0. The standard InChI is InChI=1S/C17H16FN3O5S/c1-25-14-6-11-12(7-15(14)26-2)17(22)21-20-16(11)9-3-4-10(13(18)5-9)8-19-27(23)24/h3-7,19H,8H2,1-2H3,(H,21,22)(H,23,24). The summed E-state index contributed by atoms with van der Waals surface area (Å²) in [5, 5.41) is 7.23. The van der Waals surface area contributed by atoms with Crippen molar-refractivity contribution in [1.29, 1.82) is 0 Å². The van der Waals surface area contributed by atoms with E-state index in [1.165, 1.54) is 32.4 Å². The lowest BCUT2D eigenvalue weighted by Gasteiger charge is -2.11. The Balaban J connectivity index is 2.14. The normalized spacial score (nSPS) is 12.1. The molecule has 1 heterocycles. The van der Waals surface area contributed by atoms with Gasteiger partial charge >= 0.3 is 0 Å². The summed E-state index contributed by atoms with van der Waals surface area (Å²) in [6, 6.07) is 7.46. The second-order valence-corrected chi connectivity index (χ2v) is 6.32. The number of rotatable bonds is 6.